The van der Waals surface area contributed by atoms with Gasteiger partial charge in [0, 0.05) is 28.8 Å². The van der Waals surface area contributed by atoms with E-state index in [1.165, 1.54) is 17.8 Å². The second-order valence-electron chi connectivity index (χ2n) is 7.00. The Morgan fingerprint density at radius 2 is 1.81 bits per heavy atom. The molecule has 0 spiro atoms. The lowest BCUT2D eigenvalue weighted by molar-refractivity contribution is 0.343. The van der Waals surface area contributed by atoms with E-state index in [1.807, 2.05) is 49.4 Å². The first-order valence-corrected chi connectivity index (χ1v) is 10.8. The maximum atomic E-state index is 11.6. The van der Waals surface area contributed by atoms with Crippen LogP contribution in [0.15, 0.2) is 85.6 Å². The van der Waals surface area contributed by atoms with Crippen molar-refractivity contribution in [2.24, 2.45) is 0 Å². The first-order valence-electron chi connectivity index (χ1n) is 9.79. The molecule has 0 saturated heterocycles. The maximum Gasteiger partial charge on any atom is 0.336 e. The summed E-state index contributed by atoms with van der Waals surface area (Å²) >= 11 is 1.43. The predicted molar refractivity (Wildman–Crippen MR) is 121 cm³/mol. The Morgan fingerprint density at radius 1 is 0.935 bits per heavy atom. The molecule has 5 aromatic rings. The van der Waals surface area contributed by atoms with Crippen molar-refractivity contribution < 1.29 is 13.6 Å². The SMILES string of the molecule is Cc1cc(=O)oc2cc(OCCSc3nnc(-c4cccc5ccccc45)o3)ccc12. The summed E-state index contributed by atoms with van der Waals surface area (Å²) in [5.41, 5.74) is 1.95. The lowest BCUT2D eigenvalue weighted by atomic mass is 10.0. The summed E-state index contributed by atoms with van der Waals surface area (Å²) in [5.74, 6) is 1.77. The topological polar surface area (TPSA) is 78.4 Å². The van der Waals surface area contributed by atoms with Crippen molar-refractivity contribution in [2.75, 3.05) is 12.4 Å². The zero-order valence-corrected chi connectivity index (χ0v) is 17.5. The monoisotopic (exact) mass is 430 g/mol. The second kappa shape index (κ2) is 8.28. The van der Waals surface area contributed by atoms with E-state index in [1.54, 1.807) is 6.07 Å². The molecule has 7 heteroatoms. The van der Waals surface area contributed by atoms with Crippen LogP contribution in [0, 0.1) is 6.92 Å². The van der Waals surface area contributed by atoms with Crippen molar-refractivity contribution in [1.29, 1.82) is 0 Å². The Bertz CT molecular complexity index is 1440. The van der Waals surface area contributed by atoms with Crippen LogP contribution in [-0.4, -0.2) is 22.6 Å². The van der Waals surface area contributed by atoms with Crippen molar-refractivity contribution >= 4 is 33.5 Å². The second-order valence-corrected chi connectivity index (χ2v) is 8.05. The van der Waals surface area contributed by atoms with E-state index in [4.69, 9.17) is 13.6 Å². The van der Waals surface area contributed by atoms with E-state index in [0.717, 1.165) is 27.3 Å². The van der Waals surface area contributed by atoms with Crippen molar-refractivity contribution in [3.8, 4) is 17.2 Å². The molecule has 3 aromatic carbocycles. The molecule has 2 heterocycles. The Labute approximate surface area is 181 Å². The van der Waals surface area contributed by atoms with Crippen LogP contribution in [0.3, 0.4) is 0 Å². The Kier molecular flexibility index (Phi) is 5.18. The summed E-state index contributed by atoms with van der Waals surface area (Å²) in [6.07, 6.45) is 0. The van der Waals surface area contributed by atoms with Gasteiger partial charge in [0.25, 0.3) is 5.22 Å². The number of nitrogens with zero attached hydrogens (tertiary/aromatic N) is 2. The first-order chi connectivity index (χ1) is 15.2. The van der Waals surface area contributed by atoms with Gasteiger partial charge in [-0.1, -0.05) is 48.2 Å². The molecule has 0 aliphatic rings. The van der Waals surface area contributed by atoms with Gasteiger partial charge >= 0.3 is 5.63 Å². The van der Waals surface area contributed by atoms with E-state index in [0.29, 0.717) is 34.8 Å². The van der Waals surface area contributed by atoms with E-state index < -0.39 is 0 Å². The van der Waals surface area contributed by atoms with Gasteiger partial charge in [-0.15, -0.1) is 10.2 Å². The number of fused-ring (bicyclic) bond motifs is 2. The minimum Gasteiger partial charge on any atom is -0.493 e. The standard InChI is InChI=1S/C24H18N2O4S/c1-15-13-22(27)29-21-14-17(9-10-18(15)21)28-11-12-31-24-26-25-23(30-24)20-8-4-6-16-5-2-3-7-19(16)20/h2-10,13-14H,11-12H2,1H3. The highest BCUT2D eigenvalue weighted by Gasteiger charge is 2.12. The minimum atomic E-state index is -0.365. The highest BCUT2D eigenvalue weighted by Crippen LogP contribution is 2.29. The van der Waals surface area contributed by atoms with Crippen LogP contribution >= 0.6 is 11.8 Å². The van der Waals surface area contributed by atoms with E-state index in [2.05, 4.69) is 22.3 Å². The molecular weight excluding hydrogens is 412 g/mol. The van der Waals surface area contributed by atoms with Gasteiger partial charge < -0.3 is 13.6 Å². The zero-order valence-electron chi connectivity index (χ0n) is 16.7. The number of hydrogen-bond acceptors (Lipinski definition) is 7. The van der Waals surface area contributed by atoms with Gasteiger partial charge in [-0.05, 0) is 41.5 Å². The number of rotatable bonds is 6. The van der Waals surface area contributed by atoms with Crippen LogP contribution < -0.4 is 10.4 Å². The first kappa shape index (κ1) is 19.4. The largest absolute Gasteiger partial charge is 0.493 e. The van der Waals surface area contributed by atoms with Gasteiger partial charge in [-0.25, -0.2) is 4.79 Å². The van der Waals surface area contributed by atoms with Crippen molar-refractivity contribution in [3.05, 3.63) is 82.7 Å². The average molecular weight is 430 g/mol. The number of benzene rings is 3. The van der Waals surface area contributed by atoms with Crippen LogP contribution in [0.1, 0.15) is 5.56 Å². The molecule has 0 aliphatic heterocycles. The molecule has 0 N–H and O–H groups in total. The fraction of sp³-hybridized carbons (Fsp3) is 0.125. The summed E-state index contributed by atoms with van der Waals surface area (Å²) < 4.78 is 16.9. The third kappa shape index (κ3) is 4.04. The minimum absolute atomic E-state index is 0.365. The number of thioether (sulfide) groups is 1. The van der Waals surface area contributed by atoms with Gasteiger partial charge in [0.1, 0.15) is 11.3 Å². The van der Waals surface area contributed by atoms with Gasteiger partial charge in [-0.2, -0.15) is 0 Å². The normalized spacial score (nSPS) is 11.3. The van der Waals surface area contributed by atoms with E-state index in [9.17, 15) is 4.79 Å². The molecule has 0 saturated carbocycles. The molecule has 154 valence electrons. The average Bonchev–Trinajstić information content (AvgIpc) is 3.25. The molecule has 5 rings (SSSR count). The molecule has 0 fully saturated rings. The van der Waals surface area contributed by atoms with Gasteiger partial charge in [0.05, 0.1) is 6.61 Å². The third-order valence-corrected chi connectivity index (χ3v) is 5.71. The van der Waals surface area contributed by atoms with E-state index in [-0.39, 0.29) is 5.63 Å². The summed E-state index contributed by atoms with van der Waals surface area (Å²) in [6.45, 7) is 2.32. The summed E-state index contributed by atoms with van der Waals surface area (Å²) in [6, 6.07) is 21.1. The van der Waals surface area contributed by atoms with Crippen molar-refractivity contribution in [2.45, 2.75) is 12.1 Å². The molecule has 0 unspecified atom stereocenters. The van der Waals surface area contributed by atoms with Gasteiger partial charge in [0.15, 0.2) is 0 Å². The third-order valence-electron chi connectivity index (χ3n) is 4.93. The number of aryl methyl sites for hydroxylation is 1. The number of hydrogen-bond donors (Lipinski definition) is 0. The van der Waals surface area contributed by atoms with Crippen molar-refractivity contribution in [3.63, 3.8) is 0 Å². The Morgan fingerprint density at radius 3 is 2.74 bits per heavy atom. The van der Waals surface area contributed by atoms with Gasteiger partial charge in [0.2, 0.25) is 5.89 Å². The molecule has 0 amide bonds. The van der Waals surface area contributed by atoms with Crippen LogP contribution in [0.25, 0.3) is 33.2 Å². The molecule has 0 atom stereocenters. The molecule has 31 heavy (non-hydrogen) atoms. The highest BCUT2D eigenvalue weighted by molar-refractivity contribution is 7.99. The Balaban J connectivity index is 1.23. The quantitative estimate of drug-likeness (QED) is 0.201. The highest BCUT2D eigenvalue weighted by atomic mass is 32.2. The van der Waals surface area contributed by atoms with Crippen LogP contribution in [0.5, 0.6) is 5.75 Å². The summed E-state index contributed by atoms with van der Waals surface area (Å²) in [5, 5.41) is 11.9. The van der Waals surface area contributed by atoms with Crippen LogP contribution in [0.2, 0.25) is 0 Å². The summed E-state index contributed by atoms with van der Waals surface area (Å²) in [7, 11) is 0. The van der Waals surface area contributed by atoms with Crippen LogP contribution in [0.4, 0.5) is 0 Å². The fourth-order valence-corrected chi connectivity index (χ4v) is 4.05. The molecular formula is C24H18N2O4S. The molecule has 2 aromatic heterocycles. The lowest BCUT2D eigenvalue weighted by Gasteiger charge is -2.06. The molecule has 0 bridgehead atoms. The maximum absolute atomic E-state index is 11.6. The lowest BCUT2D eigenvalue weighted by Crippen LogP contribution is -2.01. The fourth-order valence-electron chi connectivity index (χ4n) is 3.47. The summed E-state index contributed by atoms with van der Waals surface area (Å²) in [4.78, 5) is 11.6. The Hall–Kier alpha value is -3.58. The van der Waals surface area contributed by atoms with E-state index >= 15 is 0 Å². The predicted octanol–water partition coefficient (Wildman–Crippen LogP) is 5.48. The van der Waals surface area contributed by atoms with Gasteiger partial charge in [-0.3, -0.25) is 0 Å². The molecule has 6 nitrogen and oxygen atoms in total. The van der Waals surface area contributed by atoms with Crippen LogP contribution in [-0.2, 0) is 0 Å². The van der Waals surface area contributed by atoms with Crippen molar-refractivity contribution in [1.82, 2.24) is 10.2 Å². The molecule has 0 radical (unpaired) electrons. The number of aromatic nitrogens is 2. The molecule has 0 aliphatic carbocycles. The zero-order chi connectivity index (χ0) is 21.2. The smallest absolute Gasteiger partial charge is 0.336 e. The number of ether oxygens (including phenoxy) is 1.